The van der Waals surface area contributed by atoms with Crippen LogP contribution in [0.3, 0.4) is 0 Å². The number of nitrogens with zero attached hydrogens (tertiary/aromatic N) is 3. The minimum Gasteiger partial charge on any atom is -0.381 e. The lowest BCUT2D eigenvalue weighted by atomic mass is 9.81. The fourth-order valence-electron chi connectivity index (χ4n) is 5.44. The van der Waals surface area contributed by atoms with Crippen molar-refractivity contribution >= 4 is 39.1 Å². The van der Waals surface area contributed by atoms with Gasteiger partial charge in [-0.2, -0.15) is 13.2 Å². The Morgan fingerprint density at radius 2 is 1.46 bits per heavy atom. The lowest BCUT2D eigenvalue weighted by Crippen LogP contribution is -2.27. The van der Waals surface area contributed by atoms with Crippen LogP contribution in [0.25, 0.3) is 22.1 Å². The standard InChI is InChI=1S/C31H28F3N5/c1-19-24(10-5-15-35-19)37-28-18-30-29(38-25-8-2-3-9-26(25)39-30)17-27(28)36-23-7-4-6-21(16-23)20-11-13-22(14-12-20)31(32,33)34/h2-3,5,8-15,17-18,21,23,36-37H,4,6-7,16H2,1H3. The van der Waals surface area contributed by atoms with E-state index in [1.54, 1.807) is 18.3 Å². The molecule has 0 radical (unpaired) electrons. The van der Waals surface area contributed by atoms with Gasteiger partial charge in [0.15, 0.2) is 0 Å². The number of benzene rings is 3. The van der Waals surface area contributed by atoms with E-state index in [0.717, 1.165) is 76.1 Å². The largest absolute Gasteiger partial charge is 0.416 e. The van der Waals surface area contributed by atoms with Gasteiger partial charge < -0.3 is 10.6 Å². The second-order valence-corrected chi connectivity index (χ2v) is 10.2. The van der Waals surface area contributed by atoms with Crippen LogP contribution >= 0.6 is 0 Å². The highest BCUT2D eigenvalue weighted by atomic mass is 19.4. The molecule has 5 aromatic rings. The molecule has 1 fully saturated rings. The fourth-order valence-corrected chi connectivity index (χ4v) is 5.44. The highest BCUT2D eigenvalue weighted by Crippen LogP contribution is 2.38. The topological polar surface area (TPSA) is 62.7 Å². The third-order valence-electron chi connectivity index (χ3n) is 7.50. The second kappa shape index (κ2) is 10.2. The number of rotatable bonds is 5. The van der Waals surface area contributed by atoms with Crippen LogP contribution in [0.1, 0.15) is 48.4 Å². The van der Waals surface area contributed by atoms with Crippen LogP contribution in [-0.4, -0.2) is 21.0 Å². The first kappa shape index (κ1) is 25.1. The van der Waals surface area contributed by atoms with Crippen LogP contribution in [0.5, 0.6) is 0 Å². The van der Waals surface area contributed by atoms with Gasteiger partial charge in [-0.15, -0.1) is 0 Å². The third-order valence-corrected chi connectivity index (χ3v) is 7.50. The van der Waals surface area contributed by atoms with Gasteiger partial charge in [0.1, 0.15) is 0 Å². The van der Waals surface area contributed by atoms with Crippen molar-refractivity contribution in [3.63, 3.8) is 0 Å². The van der Waals surface area contributed by atoms with Gasteiger partial charge in [-0.25, -0.2) is 9.97 Å². The van der Waals surface area contributed by atoms with Crippen molar-refractivity contribution in [2.24, 2.45) is 0 Å². The Morgan fingerprint density at radius 1 is 0.769 bits per heavy atom. The van der Waals surface area contributed by atoms with Crippen molar-refractivity contribution < 1.29 is 13.2 Å². The maximum atomic E-state index is 13.1. The first-order chi connectivity index (χ1) is 18.8. The van der Waals surface area contributed by atoms with Crippen molar-refractivity contribution in [2.75, 3.05) is 10.6 Å². The Morgan fingerprint density at radius 3 is 2.13 bits per heavy atom. The average molecular weight is 528 g/mol. The summed E-state index contributed by atoms with van der Waals surface area (Å²) in [6.45, 7) is 1.96. The fraction of sp³-hybridized carbons (Fsp3) is 0.258. The molecule has 1 aliphatic rings. The number of para-hydroxylation sites is 2. The number of hydrogen-bond acceptors (Lipinski definition) is 5. The number of pyridine rings is 1. The van der Waals surface area contributed by atoms with Crippen molar-refractivity contribution in [1.82, 2.24) is 15.0 Å². The van der Waals surface area contributed by atoms with E-state index in [-0.39, 0.29) is 12.0 Å². The molecular formula is C31H28F3N5. The van der Waals surface area contributed by atoms with E-state index in [0.29, 0.717) is 0 Å². The predicted octanol–water partition coefficient (Wildman–Crippen LogP) is 8.39. The molecule has 0 amide bonds. The van der Waals surface area contributed by atoms with Gasteiger partial charge in [0.2, 0.25) is 0 Å². The Balaban J connectivity index is 1.32. The highest BCUT2D eigenvalue weighted by Gasteiger charge is 2.31. The van der Waals surface area contributed by atoms with Gasteiger partial charge in [0.25, 0.3) is 0 Å². The van der Waals surface area contributed by atoms with Crippen LogP contribution < -0.4 is 10.6 Å². The normalized spacial score (nSPS) is 17.8. The second-order valence-electron chi connectivity index (χ2n) is 10.2. The average Bonchev–Trinajstić information content (AvgIpc) is 2.93. The van der Waals surface area contributed by atoms with Gasteiger partial charge in [0.05, 0.1) is 50.4 Å². The number of halogens is 3. The molecule has 0 aliphatic heterocycles. The van der Waals surface area contributed by atoms with Gasteiger partial charge >= 0.3 is 6.18 Å². The van der Waals surface area contributed by atoms with Gasteiger partial charge in [-0.05, 0) is 86.2 Å². The summed E-state index contributed by atoms with van der Waals surface area (Å²) in [7, 11) is 0. The molecule has 5 nitrogen and oxygen atoms in total. The predicted molar refractivity (Wildman–Crippen MR) is 149 cm³/mol. The molecule has 2 unspecified atom stereocenters. The van der Waals surface area contributed by atoms with Crippen LogP contribution in [0.15, 0.2) is 79.0 Å². The monoisotopic (exact) mass is 527 g/mol. The molecule has 1 saturated carbocycles. The molecule has 1 aliphatic carbocycles. The molecule has 2 atom stereocenters. The quantitative estimate of drug-likeness (QED) is 0.225. The summed E-state index contributed by atoms with van der Waals surface area (Å²) in [6.07, 6.45) is 1.20. The molecule has 39 heavy (non-hydrogen) atoms. The molecule has 198 valence electrons. The van der Waals surface area contributed by atoms with Gasteiger partial charge in [-0.3, -0.25) is 4.98 Å². The molecule has 8 heteroatoms. The number of anilines is 3. The Labute approximate surface area is 224 Å². The summed E-state index contributed by atoms with van der Waals surface area (Å²) in [5.74, 6) is 0.194. The maximum Gasteiger partial charge on any atom is 0.416 e. The number of aromatic nitrogens is 3. The van der Waals surface area contributed by atoms with E-state index in [9.17, 15) is 13.2 Å². The van der Waals surface area contributed by atoms with E-state index in [4.69, 9.17) is 9.97 Å². The Hall–Kier alpha value is -4.20. The minimum absolute atomic E-state index is 0.160. The van der Waals surface area contributed by atoms with Gasteiger partial charge in [-0.1, -0.05) is 30.7 Å². The van der Waals surface area contributed by atoms with E-state index < -0.39 is 11.7 Å². The third kappa shape index (κ3) is 5.37. The smallest absolute Gasteiger partial charge is 0.381 e. The summed E-state index contributed by atoms with van der Waals surface area (Å²) in [5, 5.41) is 7.27. The zero-order valence-electron chi connectivity index (χ0n) is 21.5. The molecule has 0 saturated heterocycles. The van der Waals surface area contributed by atoms with Crippen molar-refractivity contribution in [2.45, 2.75) is 50.7 Å². The summed E-state index contributed by atoms with van der Waals surface area (Å²) in [5.41, 5.74) is 7.16. The van der Waals surface area contributed by atoms with Crippen molar-refractivity contribution in [3.8, 4) is 0 Å². The zero-order valence-corrected chi connectivity index (χ0v) is 21.5. The zero-order chi connectivity index (χ0) is 27.0. The van der Waals surface area contributed by atoms with E-state index in [1.165, 1.54) is 12.1 Å². The number of alkyl halides is 3. The first-order valence-corrected chi connectivity index (χ1v) is 13.2. The summed E-state index contributed by atoms with van der Waals surface area (Å²) in [6, 6.07) is 21.5. The summed E-state index contributed by atoms with van der Waals surface area (Å²) >= 11 is 0. The van der Waals surface area contributed by atoms with Crippen LogP contribution in [0, 0.1) is 6.92 Å². The lowest BCUT2D eigenvalue weighted by Gasteiger charge is -2.31. The van der Waals surface area contributed by atoms with Crippen LogP contribution in [0.4, 0.5) is 30.2 Å². The molecule has 3 aromatic carbocycles. The SMILES string of the molecule is Cc1ncccc1Nc1cc2nc3ccccc3nc2cc1NC1CCCC(c2ccc(C(F)(F)F)cc2)C1. The summed E-state index contributed by atoms with van der Waals surface area (Å²) in [4.78, 5) is 14.1. The van der Waals surface area contributed by atoms with Crippen LogP contribution in [-0.2, 0) is 6.18 Å². The van der Waals surface area contributed by atoms with Crippen molar-refractivity contribution in [1.29, 1.82) is 0 Å². The minimum atomic E-state index is -4.32. The molecule has 2 heterocycles. The highest BCUT2D eigenvalue weighted by molar-refractivity contribution is 5.93. The Kier molecular flexibility index (Phi) is 6.54. The maximum absolute atomic E-state index is 13.1. The van der Waals surface area contributed by atoms with Crippen LogP contribution in [0.2, 0.25) is 0 Å². The molecule has 0 spiro atoms. The molecule has 0 bridgehead atoms. The van der Waals surface area contributed by atoms with Gasteiger partial charge in [0, 0.05) is 12.2 Å². The lowest BCUT2D eigenvalue weighted by molar-refractivity contribution is -0.137. The van der Waals surface area contributed by atoms with E-state index in [1.807, 2.05) is 55.5 Å². The molecule has 2 aromatic heterocycles. The van der Waals surface area contributed by atoms with Crippen molar-refractivity contribution in [3.05, 3.63) is 95.8 Å². The molecular weight excluding hydrogens is 499 g/mol. The molecule has 2 N–H and O–H groups in total. The van der Waals surface area contributed by atoms with E-state index in [2.05, 4.69) is 15.6 Å². The summed E-state index contributed by atoms with van der Waals surface area (Å²) < 4.78 is 39.2. The Bertz CT molecular complexity index is 1630. The number of aryl methyl sites for hydroxylation is 1. The molecule has 6 rings (SSSR count). The number of nitrogens with one attached hydrogen (secondary N) is 2. The number of hydrogen-bond donors (Lipinski definition) is 2. The first-order valence-electron chi connectivity index (χ1n) is 13.2. The number of fused-ring (bicyclic) bond motifs is 2. The van der Waals surface area contributed by atoms with E-state index >= 15 is 0 Å².